The van der Waals surface area contributed by atoms with Crippen LogP contribution in [0.3, 0.4) is 0 Å². The summed E-state index contributed by atoms with van der Waals surface area (Å²) >= 11 is 1.33. The van der Waals surface area contributed by atoms with Gasteiger partial charge < -0.3 is 14.7 Å². The number of fused-ring (bicyclic) bond motifs is 1. The number of amides is 1. The predicted molar refractivity (Wildman–Crippen MR) is 151 cm³/mol. The molecule has 42 heavy (non-hydrogen) atoms. The Kier molecular flexibility index (Phi) is 8.10. The molecule has 0 aliphatic carbocycles. The van der Waals surface area contributed by atoms with E-state index in [1.807, 2.05) is 17.9 Å². The minimum Gasteiger partial charge on any atom is -0.497 e. The van der Waals surface area contributed by atoms with Crippen LogP contribution in [0.1, 0.15) is 56.1 Å². The summed E-state index contributed by atoms with van der Waals surface area (Å²) in [5.41, 5.74) is -0.778. The summed E-state index contributed by atoms with van der Waals surface area (Å²) in [7, 11) is 1.49. The molecule has 1 amide bonds. The Labute approximate surface area is 244 Å². The van der Waals surface area contributed by atoms with Crippen molar-refractivity contribution in [3.63, 3.8) is 0 Å². The van der Waals surface area contributed by atoms with Crippen molar-refractivity contribution in [2.24, 2.45) is 0 Å². The SMILES string of the molecule is COc1ccc(-c2nc3c(C(=O)N4CCN([C@H](CO)c5ccc(C(C)=O)s5)C[C@H]4C)cnn3c(C(F)(F)F)c2C)cc1. The Morgan fingerprint density at radius 1 is 1.17 bits per heavy atom. The lowest BCUT2D eigenvalue weighted by atomic mass is 10.0. The number of aliphatic hydroxyl groups is 1. The zero-order valence-corrected chi connectivity index (χ0v) is 24.3. The standard InChI is InChI=1S/C29H30F3N5O4S/c1-16-14-35(22(15-38)24-10-9-23(42-24)18(3)39)11-12-36(16)28(40)21-13-33-37-26(29(30,31)32)17(2)25(34-27(21)37)19-5-7-20(41-4)8-6-19/h5-10,13,16,22,38H,11-12,14-15H2,1-4H3/t16-,22-/m1/s1. The Morgan fingerprint density at radius 2 is 1.88 bits per heavy atom. The van der Waals surface area contributed by atoms with Gasteiger partial charge in [0.2, 0.25) is 0 Å². The number of nitrogens with zero attached hydrogens (tertiary/aromatic N) is 5. The van der Waals surface area contributed by atoms with Gasteiger partial charge in [0.25, 0.3) is 5.91 Å². The number of halogens is 3. The number of hydrogen-bond acceptors (Lipinski definition) is 8. The van der Waals surface area contributed by atoms with Crippen LogP contribution in [0.5, 0.6) is 5.75 Å². The van der Waals surface area contributed by atoms with Crippen molar-refractivity contribution in [1.82, 2.24) is 24.4 Å². The quantitative estimate of drug-likeness (QED) is 0.302. The number of alkyl halides is 3. The molecule has 0 saturated carbocycles. The lowest BCUT2D eigenvalue weighted by molar-refractivity contribution is -0.143. The van der Waals surface area contributed by atoms with Crippen molar-refractivity contribution in [2.45, 2.75) is 39.0 Å². The zero-order valence-electron chi connectivity index (χ0n) is 23.5. The molecule has 4 aromatic rings. The minimum atomic E-state index is -4.75. The number of methoxy groups -OCH3 is 1. The third-order valence-electron chi connectivity index (χ3n) is 7.58. The van der Waals surface area contributed by atoms with Crippen molar-refractivity contribution in [1.29, 1.82) is 0 Å². The molecule has 1 saturated heterocycles. The molecule has 1 aromatic carbocycles. The van der Waals surface area contributed by atoms with Gasteiger partial charge in [0.1, 0.15) is 11.3 Å². The second kappa shape index (κ2) is 11.5. The maximum absolute atomic E-state index is 14.3. The number of ether oxygens (including phenoxy) is 1. The number of Topliss-reactive ketones (excluding diaryl/α,β-unsaturated/α-hetero) is 1. The summed E-state index contributed by atoms with van der Waals surface area (Å²) in [6, 6.07) is 9.41. The monoisotopic (exact) mass is 601 g/mol. The van der Waals surface area contributed by atoms with Crippen LogP contribution in [0.2, 0.25) is 0 Å². The number of aliphatic hydroxyl groups excluding tert-OH is 1. The average Bonchev–Trinajstić information content (AvgIpc) is 3.60. The van der Waals surface area contributed by atoms with Crippen molar-refractivity contribution < 1.29 is 32.6 Å². The summed E-state index contributed by atoms with van der Waals surface area (Å²) in [5, 5.41) is 14.1. The molecular weight excluding hydrogens is 571 g/mol. The number of rotatable bonds is 7. The molecule has 0 spiro atoms. The van der Waals surface area contributed by atoms with Crippen LogP contribution in [0.25, 0.3) is 16.9 Å². The molecule has 0 unspecified atom stereocenters. The van der Waals surface area contributed by atoms with Crippen LogP contribution in [0.4, 0.5) is 13.2 Å². The second-order valence-electron chi connectivity index (χ2n) is 10.3. The highest BCUT2D eigenvalue weighted by Gasteiger charge is 2.40. The number of ketones is 1. The minimum absolute atomic E-state index is 0.0290. The lowest BCUT2D eigenvalue weighted by Crippen LogP contribution is -2.55. The van der Waals surface area contributed by atoms with Gasteiger partial charge in [0, 0.05) is 41.7 Å². The molecule has 222 valence electrons. The maximum atomic E-state index is 14.3. The van der Waals surface area contributed by atoms with E-state index in [4.69, 9.17) is 4.74 Å². The Balaban J connectivity index is 1.47. The highest BCUT2D eigenvalue weighted by molar-refractivity contribution is 7.14. The van der Waals surface area contributed by atoms with E-state index in [1.54, 1.807) is 35.2 Å². The molecule has 0 radical (unpaired) electrons. The fraction of sp³-hybridized carbons (Fsp3) is 0.379. The highest BCUT2D eigenvalue weighted by Crippen LogP contribution is 2.37. The molecule has 13 heteroatoms. The first kappa shape index (κ1) is 29.7. The largest absolute Gasteiger partial charge is 0.497 e. The van der Waals surface area contributed by atoms with Crippen LogP contribution in [-0.4, -0.2) is 80.6 Å². The molecule has 3 aromatic heterocycles. The first-order valence-electron chi connectivity index (χ1n) is 13.3. The van der Waals surface area contributed by atoms with Crippen LogP contribution in [-0.2, 0) is 6.18 Å². The number of carbonyl (C=O) groups excluding carboxylic acids is 2. The first-order chi connectivity index (χ1) is 19.9. The normalized spacial score (nSPS) is 17.0. The number of carbonyl (C=O) groups is 2. The van der Waals surface area contributed by atoms with E-state index in [2.05, 4.69) is 10.1 Å². The van der Waals surface area contributed by atoms with Crippen LogP contribution >= 0.6 is 11.3 Å². The maximum Gasteiger partial charge on any atom is 0.433 e. The van der Waals surface area contributed by atoms with E-state index in [1.165, 1.54) is 32.3 Å². The van der Waals surface area contributed by atoms with Crippen molar-refractivity contribution in [3.8, 4) is 17.0 Å². The van der Waals surface area contributed by atoms with E-state index in [0.717, 1.165) is 11.1 Å². The molecule has 2 atom stereocenters. The molecule has 1 aliphatic rings. The molecule has 1 fully saturated rings. The third kappa shape index (κ3) is 5.39. The molecule has 1 N–H and O–H groups in total. The fourth-order valence-corrected chi connectivity index (χ4v) is 6.45. The zero-order chi connectivity index (χ0) is 30.3. The molecular formula is C29H30F3N5O4S. The van der Waals surface area contributed by atoms with Crippen LogP contribution < -0.4 is 4.74 Å². The summed E-state index contributed by atoms with van der Waals surface area (Å²) in [4.78, 5) is 35.2. The molecule has 0 bridgehead atoms. The van der Waals surface area contributed by atoms with Gasteiger partial charge in [0.05, 0.1) is 36.5 Å². The number of thiophene rings is 1. The summed E-state index contributed by atoms with van der Waals surface area (Å²) in [6.45, 7) is 5.63. The average molecular weight is 602 g/mol. The van der Waals surface area contributed by atoms with Crippen LogP contribution in [0, 0.1) is 6.92 Å². The summed E-state index contributed by atoms with van der Waals surface area (Å²) < 4.78 is 48.8. The van der Waals surface area contributed by atoms with Gasteiger partial charge in [0.15, 0.2) is 17.1 Å². The predicted octanol–water partition coefficient (Wildman–Crippen LogP) is 4.88. The van der Waals surface area contributed by atoms with Gasteiger partial charge >= 0.3 is 6.18 Å². The van der Waals surface area contributed by atoms with Gasteiger partial charge in [-0.15, -0.1) is 11.3 Å². The number of hydrogen-bond donors (Lipinski definition) is 1. The Morgan fingerprint density at radius 3 is 2.45 bits per heavy atom. The number of benzene rings is 1. The highest BCUT2D eigenvalue weighted by atomic mass is 32.1. The van der Waals surface area contributed by atoms with E-state index >= 15 is 0 Å². The van der Waals surface area contributed by atoms with E-state index in [-0.39, 0.29) is 53.5 Å². The van der Waals surface area contributed by atoms with Crippen LogP contribution in [0.15, 0.2) is 42.6 Å². The number of aromatic nitrogens is 3. The Bertz CT molecular complexity index is 1630. The Hall–Kier alpha value is -3.81. The first-order valence-corrected chi connectivity index (χ1v) is 14.1. The fourth-order valence-electron chi connectivity index (χ4n) is 5.42. The smallest absolute Gasteiger partial charge is 0.433 e. The van der Waals surface area contributed by atoms with E-state index in [9.17, 15) is 27.9 Å². The molecule has 1 aliphatic heterocycles. The third-order valence-corrected chi connectivity index (χ3v) is 8.87. The molecule has 4 heterocycles. The van der Waals surface area contributed by atoms with E-state index < -0.39 is 17.8 Å². The van der Waals surface area contributed by atoms with Crippen molar-refractivity contribution in [3.05, 3.63) is 69.2 Å². The topological polar surface area (TPSA) is 100 Å². The second-order valence-corrected chi connectivity index (χ2v) is 11.4. The molecule has 9 nitrogen and oxygen atoms in total. The van der Waals surface area contributed by atoms with Gasteiger partial charge in [-0.2, -0.15) is 18.3 Å². The van der Waals surface area contributed by atoms with E-state index in [0.29, 0.717) is 33.8 Å². The van der Waals surface area contributed by atoms with Crippen molar-refractivity contribution >= 4 is 28.7 Å². The lowest BCUT2D eigenvalue weighted by Gasteiger charge is -2.42. The van der Waals surface area contributed by atoms with Crippen molar-refractivity contribution in [2.75, 3.05) is 33.4 Å². The molecule has 5 rings (SSSR count). The van der Waals surface area contributed by atoms with Gasteiger partial charge in [-0.25, -0.2) is 9.50 Å². The summed E-state index contributed by atoms with van der Waals surface area (Å²) in [5.74, 6) is 0.0225. The van der Waals surface area contributed by atoms with Gasteiger partial charge in [-0.3, -0.25) is 14.5 Å². The summed E-state index contributed by atoms with van der Waals surface area (Å²) in [6.07, 6.45) is -3.61. The van der Waals surface area contributed by atoms with Gasteiger partial charge in [-0.05, 0) is 57.2 Å². The number of piperazine rings is 1. The van der Waals surface area contributed by atoms with Gasteiger partial charge in [-0.1, -0.05) is 0 Å².